The van der Waals surface area contributed by atoms with Gasteiger partial charge in [0.2, 0.25) is 5.91 Å². The average Bonchev–Trinajstić information content (AvgIpc) is 3.15. The van der Waals surface area contributed by atoms with E-state index in [1.165, 1.54) is 12.1 Å². The van der Waals surface area contributed by atoms with E-state index < -0.39 is 0 Å². The summed E-state index contributed by atoms with van der Waals surface area (Å²) < 4.78 is 15.4. The molecule has 0 N–H and O–H groups in total. The summed E-state index contributed by atoms with van der Waals surface area (Å²) in [5.74, 6) is -0.193. The molecule has 1 saturated heterocycles. The average molecular weight is 358 g/mol. The van der Waals surface area contributed by atoms with Crippen LogP contribution in [0.2, 0.25) is 0 Å². The fraction of sp³-hybridized carbons (Fsp3) is 0.450. The smallest absolute Gasteiger partial charge is 0.244 e. The maximum Gasteiger partial charge on any atom is 0.244 e. The van der Waals surface area contributed by atoms with Gasteiger partial charge in [-0.2, -0.15) is 0 Å². The van der Waals surface area contributed by atoms with E-state index in [1.54, 1.807) is 12.1 Å². The molecule has 0 bridgehead atoms. The predicted molar refractivity (Wildman–Crippen MR) is 100 cm³/mol. The largest absolute Gasteiger partial charge is 0.353 e. The second kappa shape index (κ2) is 8.47. The zero-order valence-electron chi connectivity index (χ0n) is 15.5. The minimum Gasteiger partial charge on any atom is -0.353 e. The molecule has 1 fully saturated rings. The van der Waals surface area contributed by atoms with Gasteiger partial charge in [0.25, 0.3) is 0 Å². The van der Waals surface area contributed by atoms with Gasteiger partial charge in [0.05, 0.1) is 0 Å². The second-order valence-electron chi connectivity index (χ2n) is 7.01. The molecular weight excluding hydrogens is 331 g/mol. The molecule has 5 nitrogen and oxygen atoms in total. The van der Waals surface area contributed by atoms with Crippen LogP contribution < -0.4 is 0 Å². The van der Waals surface area contributed by atoms with Crippen molar-refractivity contribution in [2.75, 3.05) is 46.8 Å². The van der Waals surface area contributed by atoms with Crippen molar-refractivity contribution < 1.29 is 9.18 Å². The lowest BCUT2D eigenvalue weighted by atomic mass is 10.0. The number of nitrogens with zero attached hydrogens (tertiary/aromatic N) is 4. The van der Waals surface area contributed by atoms with E-state index in [0.717, 1.165) is 44.8 Å². The lowest BCUT2D eigenvalue weighted by molar-refractivity contribution is -0.138. The van der Waals surface area contributed by atoms with Crippen molar-refractivity contribution in [3.8, 4) is 0 Å². The number of halogens is 1. The Labute approximate surface area is 154 Å². The summed E-state index contributed by atoms with van der Waals surface area (Å²) in [7, 11) is 3.78. The number of likely N-dealkylation sites (N-methyl/N-ethyl adjacent to an activating group) is 1. The highest BCUT2D eigenvalue weighted by atomic mass is 19.1. The first-order chi connectivity index (χ1) is 12.5. The molecule has 0 aliphatic carbocycles. The van der Waals surface area contributed by atoms with Crippen LogP contribution in [0.25, 0.3) is 0 Å². The summed E-state index contributed by atoms with van der Waals surface area (Å²) in [6.07, 6.45) is 4.15. The first kappa shape index (κ1) is 18.6. The summed E-state index contributed by atoms with van der Waals surface area (Å²) in [6.45, 7) is 5.20. The molecule has 0 radical (unpaired) electrons. The third-order valence-electron chi connectivity index (χ3n) is 4.96. The van der Waals surface area contributed by atoms with Gasteiger partial charge in [0.15, 0.2) is 0 Å². The molecule has 1 aromatic heterocycles. The lowest BCUT2D eigenvalue weighted by Crippen LogP contribution is -2.51. The first-order valence-corrected chi connectivity index (χ1v) is 9.08. The number of aromatic nitrogens is 1. The van der Waals surface area contributed by atoms with E-state index in [2.05, 4.69) is 21.9 Å². The normalized spacial score (nSPS) is 16.8. The van der Waals surface area contributed by atoms with Crippen molar-refractivity contribution in [3.05, 3.63) is 60.2 Å². The van der Waals surface area contributed by atoms with Crippen LogP contribution >= 0.6 is 0 Å². The number of piperazine rings is 1. The van der Waals surface area contributed by atoms with Gasteiger partial charge in [-0.25, -0.2) is 4.39 Å². The number of benzene rings is 1. The summed E-state index contributed by atoms with van der Waals surface area (Å²) in [5, 5.41) is 0. The molecule has 1 aliphatic heterocycles. The minimum absolute atomic E-state index is 0.0895. The number of hydrogen-bond donors (Lipinski definition) is 0. The molecule has 140 valence electrons. The minimum atomic E-state index is -0.373. The Morgan fingerprint density at radius 1 is 1.04 bits per heavy atom. The number of hydrogen-bond acceptors (Lipinski definition) is 3. The van der Waals surface area contributed by atoms with Gasteiger partial charge in [-0.1, -0.05) is 12.1 Å². The van der Waals surface area contributed by atoms with Crippen LogP contribution in [0.15, 0.2) is 48.8 Å². The molecule has 2 heterocycles. The van der Waals surface area contributed by atoms with Crippen molar-refractivity contribution in [3.63, 3.8) is 0 Å². The number of rotatable bonds is 6. The van der Waals surface area contributed by atoms with Crippen molar-refractivity contribution in [2.45, 2.75) is 12.6 Å². The van der Waals surface area contributed by atoms with E-state index in [4.69, 9.17) is 0 Å². The number of carbonyl (C=O) groups excluding carboxylic acids is 1. The quantitative estimate of drug-likeness (QED) is 0.792. The molecule has 1 atom stereocenters. The number of carbonyl (C=O) groups is 1. The SMILES string of the molecule is CN(C)[C@@H](C(=O)N1CCN(CCn2cccc2)CC1)c1ccc(F)cc1. The van der Waals surface area contributed by atoms with E-state index in [1.807, 2.05) is 36.0 Å². The Balaban J connectivity index is 1.56. The molecule has 1 amide bonds. The molecule has 1 aliphatic rings. The van der Waals surface area contributed by atoms with Crippen LogP contribution in [0, 0.1) is 5.82 Å². The highest BCUT2D eigenvalue weighted by molar-refractivity contribution is 5.83. The fourth-order valence-electron chi connectivity index (χ4n) is 3.45. The summed E-state index contributed by atoms with van der Waals surface area (Å²) in [6, 6.07) is 9.93. The van der Waals surface area contributed by atoms with Crippen LogP contribution in [0.1, 0.15) is 11.6 Å². The third kappa shape index (κ3) is 4.51. The van der Waals surface area contributed by atoms with Gasteiger partial charge in [0, 0.05) is 51.7 Å². The van der Waals surface area contributed by atoms with E-state index >= 15 is 0 Å². The van der Waals surface area contributed by atoms with E-state index in [-0.39, 0.29) is 17.8 Å². The Bertz CT molecular complexity index is 691. The molecule has 3 rings (SSSR count). The maximum absolute atomic E-state index is 13.2. The summed E-state index contributed by atoms with van der Waals surface area (Å²) in [5.41, 5.74) is 0.830. The molecule has 0 saturated carbocycles. The van der Waals surface area contributed by atoms with Crippen molar-refractivity contribution in [2.24, 2.45) is 0 Å². The summed E-state index contributed by atoms with van der Waals surface area (Å²) in [4.78, 5) is 19.3. The fourth-order valence-corrected chi connectivity index (χ4v) is 3.45. The third-order valence-corrected chi connectivity index (χ3v) is 4.96. The maximum atomic E-state index is 13.2. The molecule has 2 aromatic rings. The first-order valence-electron chi connectivity index (χ1n) is 9.08. The van der Waals surface area contributed by atoms with Crippen LogP contribution in [0.3, 0.4) is 0 Å². The lowest BCUT2D eigenvalue weighted by Gasteiger charge is -2.37. The van der Waals surface area contributed by atoms with Gasteiger partial charge >= 0.3 is 0 Å². The Morgan fingerprint density at radius 3 is 2.23 bits per heavy atom. The molecule has 26 heavy (non-hydrogen) atoms. The molecule has 6 heteroatoms. The predicted octanol–water partition coefficient (Wildman–Crippen LogP) is 2.07. The van der Waals surface area contributed by atoms with Crippen molar-refractivity contribution >= 4 is 5.91 Å². The molecule has 0 spiro atoms. The summed E-state index contributed by atoms with van der Waals surface area (Å²) >= 11 is 0. The Kier molecular flexibility index (Phi) is 6.06. The highest BCUT2D eigenvalue weighted by Crippen LogP contribution is 2.22. The van der Waals surface area contributed by atoms with Gasteiger partial charge in [0.1, 0.15) is 11.9 Å². The monoisotopic (exact) mass is 358 g/mol. The van der Waals surface area contributed by atoms with Gasteiger partial charge in [-0.15, -0.1) is 0 Å². The number of amides is 1. The molecule has 0 unspecified atom stereocenters. The van der Waals surface area contributed by atoms with Crippen molar-refractivity contribution in [1.29, 1.82) is 0 Å². The van der Waals surface area contributed by atoms with Crippen LogP contribution in [0.4, 0.5) is 4.39 Å². The Morgan fingerprint density at radius 2 is 1.65 bits per heavy atom. The molecular formula is C20H27FN4O. The molecule has 1 aromatic carbocycles. The zero-order valence-corrected chi connectivity index (χ0v) is 15.5. The van der Waals surface area contributed by atoms with Crippen LogP contribution in [0.5, 0.6) is 0 Å². The highest BCUT2D eigenvalue weighted by Gasteiger charge is 2.30. The van der Waals surface area contributed by atoms with Crippen molar-refractivity contribution in [1.82, 2.24) is 19.3 Å². The standard InChI is InChI=1S/C20H27FN4O/c1-22(2)19(17-5-7-18(21)8-6-17)20(26)25-15-13-24(14-16-25)12-11-23-9-3-4-10-23/h3-10,19H,11-16H2,1-2H3/t19-/m1/s1. The van der Waals surface area contributed by atoms with Gasteiger partial charge in [-0.05, 0) is 43.9 Å². The van der Waals surface area contributed by atoms with Gasteiger partial charge in [-0.3, -0.25) is 14.6 Å². The van der Waals surface area contributed by atoms with Crippen LogP contribution in [-0.4, -0.2) is 72.0 Å². The van der Waals surface area contributed by atoms with Gasteiger partial charge < -0.3 is 9.47 Å². The Hall–Kier alpha value is -2.18. The second-order valence-corrected chi connectivity index (χ2v) is 7.01. The van der Waals surface area contributed by atoms with E-state index in [0.29, 0.717) is 0 Å². The van der Waals surface area contributed by atoms with E-state index in [9.17, 15) is 9.18 Å². The zero-order chi connectivity index (χ0) is 18.5. The topological polar surface area (TPSA) is 31.7 Å². The van der Waals surface area contributed by atoms with Crippen LogP contribution in [-0.2, 0) is 11.3 Å².